The van der Waals surface area contributed by atoms with Gasteiger partial charge >= 0.3 is 0 Å². The van der Waals surface area contributed by atoms with Crippen LogP contribution in [-0.2, 0) is 16.4 Å². The number of hydrogen-bond donors (Lipinski definition) is 1. The number of methoxy groups -OCH3 is 1. The number of rotatable bonds is 6. The second-order valence-corrected chi connectivity index (χ2v) is 9.86. The van der Waals surface area contributed by atoms with Gasteiger partial charge in [0.25, 0.3) is 5.91 Å². The number of amides is 1. The molecule has 1 saturated heterocycles. The van der Waals surface area contributed by atoms with Crippen LogP contribution in [-0.4, -0.2) is 51.3 Å². The number of nitrogens with one attached hydrogen (secondary N) is 1. The maximum Gasteiger partial charge on any atom is 0.257 e. The fraction of sp³-hybridized carbons (Fsp3) is 0.435. The van der Waals surface area contributed by atoms with Crippen molar-refractivity contribution in [3.05, 3.63) is 53.6 Å². The summed E-state index contributed by atoms with van der Waals surface area (Å²) in [6.07, 6.45) is 4.31. The van der Waals surface area contributed by atoms with E-state index in [0.717, 1.165) is 43.5 Å². The Morgan fingerprint density at radius 2 is 1.94 bits per heavy atom. The monoisotopic (exact) mass is 444 g/mol. The number of nitrogens with zero attached hydrogens (tertiary/aromatic N) is 1. The molecule has 0 bridgehead atoms. The molecule has 1 N–H and O–H groups in total. The van der Waals surface area contributed by atoms with Gasteiger partial charge in [-0.3, -0.25) is 9.52 Å². The van der Waals surface area contributed by atoms with Crippen molar-refractivity contribution in [2.24, 2.45) is 0 Å². The molecule has 0 radical (unpaired) electrons. The predicted molar refractivity (Wildman–Crippen MR) is 119 cm³/mol. The minimum atomic E-state index is -3.58. The largest absolute Gasteiger partial charge is 0.497 e. The first-order valence-electron chi connectivity index (χ1n) is 10.7. The molecule has 0 aliphatic carbocycles. The van der Waals surface area contributed by atoms with E-state index in [1.807, 2.05) is 29.2 Å². The van der Waals surface area contributed by atoms with Crippen LogP contribution in [0.15, 0.2) is 42.5 Å². The number of aryl methyl sites for hydroxylation is 1. The second kappa shape index (κ2) is 9.18. The molecule has 2 heterocycles. The van der Waals surface area contributed by atoms with Crippen LogP contribution in [0.4, 0.5) is 5.69 Å². The van der Waals surface area contributed by atoms with Crippen LogP contribution in [0, 0.1) is 0 Å². The first-order valence-corrected chi connectivity index (χ1v) is 12.3. The number of sulfonamides is 1. The summed E-state index contributed by atoms with van der Waals surface area (Å²) in [6.45, 7) is 1.29. The summed E-state index contributed by atoms with van der Waals surface area (Å²) < 4.78 is 38.8. The maximum absolute atomic E-state index is 13.2. The van der Waals surface area contributed by atoms with Gasteiger partial charge in [-0.2, -0.15) is 0 Å². The van der Waals surface area contributed by atoms with Gasteiger partial charge in [0.15, 0.2) is 0 Å². The van der Waals surface area contributed by atoms with Crippen molar-refractivity contribution in [2.75, 3.05) is 30.7 Å². The maximum atomic E-state index is 13.2. The number of piperidine rings is 1. The van der Waals surface area contributed by atoms with Gasteiger partial charge in [-0.1, -0.05) is 12.1 Å². The van der Waals surface area contributed by atoms with Gasteiger partial charge in [-0.15, -0.1) is 0 Å². The molecule has 31 heavy (non-hydrogen) atoms. The third kappa shape index (κ3) is 5.12. The smallest absolute Gasteiger partial charge is 0.257 e. The zero-order chi connectivity index (χ0) is 21.8. The van der Waals surface area contributed by atoms with Crippen molar-refractivity contribution in [2.45, 2.75) is 38.1 Å². The molecule has 1 amide bonds. The number of hydrogen-bond acceptors (Lipinski definition) is 5. The van der Waals surface area contributed by atoms with Gasteiger partial charge in [-0.25, -0.2) is 8.42 Å². The highest BCUT2D eigenvalue weighted by Gasteiger charge is 2.31. The third-order valence-corrected chi connectivity index (χ3v) is 7.19. The molecule has 1 fully saturated rings. The van der Waals surface area contributed by atoms with Crippen LogP contribution in [0.5, 0.6) is 11.5 Å². The number of ether oxygens (including phenoxy) is 2. The standard InChI is InChI=1S/C23H28N2O5S/c1-29-20-8-5-17(6-9-20)12-15-31(27,28)24-18-7-10-22-21(16-18)23(26)25-13-3-2-4-19(25)11-14-30-22/h5-10,16,19,24H,2-4,11-15H2,1H3. The topological polar surface area (TPSA) is 84.9 Å². The number of anilines is 1. The molecular formula is C23H28N2O5S. The third-order valence-electron chi connectivity index (χ3n) is 5.90. The molecular weight excluding hydrogens is 416 g/mol. The fourth-order valence-electron chi connectivity index (χ4n) is 4.19. The average Bonchev–Trinajstić information content (AvgIpc) is 2.77. The van der Waals surface area contributed by atoms with E-state index in [4.69, 9.17) is 9.47 Å². The normalized spacial score (nSPS) is 18.8. The summed E-state index contributed by atoms with van der Waals surface area (Å²) >= 11 is 0. The second-order valence-electron chi connectivity index (χ2n) is 8.02. The zero-order valence-electron chi connectivity index (χ0n) is 17.7. The first-order chi connectivity index (χ1) is 14.9. The lowest BCUT2D eigenvalue weighted by atomic mass is 9.97. The summed E-state index contributed by atoms with van der Waals surface area (Å²) in [6, 6.07) is 12.4. The van der Waals surface area contributed by atoms with Crippen LogP contribution in [0.1, 0.15) is 41.6 Å². The van der Waals surface area contributed by atoms with Crippen LogP contribution < -0.4 is 14.2 Å². The summed E-state index contributed by atoms with van der Waals surface area (Å²) in [5, 5.41) is 0. The lowest BCUT2D eigenvalue weighted by Crippen LogP contribution is -2.45. The molecule has 2 aromatic rings. The quantitative estimate of drug-likeness (QED) is 0.738. The van der Waals surface area contributed by atoms with E-state index < -0.39 is 10.0 Å². The SMILES string of the molecule is COc1ccc(CCS(=O)(=O)Nc2ccc3c(c2)C(=O)N2CCCCC2CCO3)cc1. The van der Waals surface area contributed by atoms with Gasteiger partial charge < -0.3 is 14.4 Å². The van der Waals surface area contributed by atoms with Crippen molar-refractivity contribution in [1.82, 2.24) is 4.90 Å². The minimum Gasteiger partial charge on any atom is -0.497 e. The molecule has 2 aliphatic heterocycles. The van der Waals surface area contributed by atoms with E-state index in [2.05, 4.69) is 4.72 Å². The Morgan fingerprint density at radius 3 is 2.71 bits per heavy atom. The zero-order valence-corrected chi connectivity index (χ0v) is 18.5. The van der Waals surface area contributed by atoms with Crippen molar-refractivity contribution in [3.63, 3.8) is 0 Å². The Kier molecular flexibility index (Phi) is 6.36. The summed E-state index contributed by atoms with van der Waals surface area (Å²) in [7, 11) is -1.99. The molecule has 0 spiro atoms. The Morgan fingerprint density at radius 1 is 1.13 bits per heavy atom. The molecule has 4 rings (SSSR count). The van der Waals surface area contributed by atoms with Gasteiger partial charge in [0.2, 0.25) is 10.0 Å². The highest BCUT2D eigenvalue weighted by atomic mass is 32.2. The van der Waals surface area contributed by atoms with Crippen molar-refractivity contribution >= 4 is 21.6 Å². The number of benzene rings is 2. The molecule has 2 aliphatic rings. The summed E-state index contributed by atoms with van der Waals surface area (Å²) in [5.74, 6) is 1.09. The van der Waals surface area contributed by atoms with Crippen LogP contribution >= 0.6 is 0 Å². The molecule has 0 aromatic heterocycles. The first kappa shape index (κ1) is 21.5. The van der Waals surface area contributed by atoms with Gasteiger partial charge in [0, 0.05) is 24.7 Å². The molecule has 7 nitrogen and oxygen atoms in total. The van der Waals surface area contributed by atoms with E-state index in [0.29, 0.717) is 30.0 Å². The van der Waals surface area contributed by atoms with E-state index in [1.54, 1.807) is 25.3 Å². The summed E-state index contributed by atoms with van der Waals surface area (Å²) in [5.41, 5.74) is 1.70. The molecule has 0 saturated carbocycles. The Hall–Kier alpha value is -2.74. The summed E-state index contributed by atoms with van der Waals surface area (Å²) in [4.78, 5) is 15.1. The van der Waals surface area contributed by atoms with Gasteiger partial charge in [0.1, 0.15) is 11.5 Å². The Balaban J connectivity index is 1.47. The van der Waals surface area contributed by atoms with Crippen LogP contribution in [0.3, 0.4) is 0 Å². The number of fused-ring (bicyclic) bond motifs is 2. The Bertz CT molecular complexity index is 1040. The predicted octanol–water partition coefficient (Wildman–Crippen LogP) is 3.46. The molecule has 2 aromatic carbocycles. The molecule has 8 heteroatoms. The molecule has 1 atom stereocenters. The van der Waals surface area contributed by atoms with E-state index >= 15 is 0 Å². The van der Waals surface area contributed by atoms with E-state index in [9.17, 15) is 13.2 Å². The van der Waals surface area contributed by atoms with Crippen molar-refractivity contribution < 1.29 is 22.7 Å². The van der Waals surface area contributed by atoms with Gasteiger partial charge in [-0.05, 0) is 61.6 Å². The fourth-order valence-corrected chi connectivity index (χ4v) is 5.28. The molecule has 1 unspecified atom stereocenters. The van der Waals surface area contributed by atoms with E-state index in [-0.39, 0.29) is 17.7 Å². The molecule has 166 valence electrons. The van der Waals surface area contributed by atoms with Crippen LogP contribution in [0.2, 0.25) is 0 Å². The van der Waals surface area contributed by atoms with Crippen molar-refractivity contribution in [1.29, 1.82) is 0 Å². The number of carbonyl (C=O) groups is 1. The van der Waals surface area contributed by atoms with Crippen molar-refractivity contribution in [3.8, 4) is 11.5 Å². The average molecular weight is 445 g/mol. The van der Waals surface area contributed by atoms with Gasteiger partial charge in [0.05, 0.1) is 25.0 Å². The minimum absolute atomic E-state index is 0.0605. The highest BCUT2D eigenvalue weighted by molar-refractivity contribution is 7.92. The van der Waals surface area contributed by atoms with Crippen LogP contribution in [0.25, 0.3) is 0 Å². The lowest BCUT2D eigenvalue weighted by molar-refractivity contribution is 0.0548. The Labute approximate surface area is 183 Å². The lowest BCUT2D eigenvalue weighted by Gasteiger charge is -2.37. The van der Waals surface area contributed by atoms with E-state index in [1.165, 1.54) is 0 Å². The highest BCUT2D eigenvalue weighted by Crippen LogP contribution is 2.31. The number of carbonyl (C=O) groups excluding carboxylic acids is 1.